The van der Waals surface area contributed by atoms with Crippen LogP contribution in [0.1, 0.15) is 21.6 Å². The molecule has 1 saturated heterocycles. The summed E-state index contributed by atoms with van der Waals surface area (Å²) in [5.41, 5.74) is 2.29. The van der Waals surface area contributed by atoms with Gasteiger partial charge < -0.3 is 14.9 Å². The Balaban J connectivity index is 1.55. The molecule has 0 aliphatic carbocycles. The van der Waals surface area contributed by atoms with E-state index in [0.29, 0.717) is 38.2 Å². The lowest BCUT2D eigenvalue weighted by molar-refractivity contribution is -0.131. The molecule has 3 rings (SSSR count). The molecule has 2 amide bonds. The zero-order valence-electron chi connectivity index (χ0n) is 14.2. The predicted octanol–water partition coefficient (Wildman–Crippen LogP) is 1.62. The number of carbonyl (C=O) groups is 2. The number of hydrogen-bond acceptors (Lipinski definition) is 4. The minimum Gasteiger partial charge on any atom is -0.508 e. The number of carbonyl (C=O) groups excluding carboxylic acids is 2. The van der Waals surface area contributed by atoms with Crippen molar-refractivity contribution in [3.8, 4) is 5.75 Å². The number of phenolic OH excluding ortho intramolecular Hbond substituents is 1. The molecular formula is C19H21N3O3. The highest BCUT2D eigenvalue weighted by atomic mass is 16.3. The number of piperazine rings is 1. The Morgan fingerprint density at radius 3 is 2.44 bits per heavy atom. The van der Waals surface area contributed by atoms with Crippen LogP contribution in [0.3, 0.4) is 0 Å². The van der Waals surface area contributed by atoms with E-state index in [1.807, 2.05) is 19.1 Å². The topological polar surface area (TPSA) is 73.7 Å². The van der Waals surface area contributed by atoms with Crippen molar-refractivity contribution in [3.05, 3.63) is 59.4 Å². The SMILES string of the molecule is Cc1ccc(CC(=O)N2CCN(C(=O)c3cccc(O)c3)CC2)cn1. The minimum atomic E-state index is -0.120. The maximum atomic E-state index is 12.5. The van der Waals surface area contributed by atoms with E-state index in [2.05, 4.69) is 4.98 Å². The molecule has 0 radical (unpaired) electrons. The fourth-order valence-electron chi connectivity index (χ4n) is 2.87. The summed E-state index contributed by atoms with van der Waals surface area (Å²) in [7, 11) is 0. The Morgan fingerprint density at radius 1 is 1.08 bits per heavy atom. The lowest BCUT2D eigenvalue weighted by atomic mass is 10.1. The highest BCUT2D eigenvalue weighted by Crippen LogP contribution is 2.15. The van der Waals surface area contributed by atoms with Gasteiger partial charge in [-0.15, -0.1) is 0 Å². The van der Waals surface area contributed by atoms with Crippen molar-refractivity contribution in [1.29, 1.82) is 0 Å². The van der Waals surface area contributed by atoms with Crippen LogP contribution in [0.4, 0.5) is 0 Å². The van der Waals surface area contributed by atoms with Crippen molar-refractivity contribution in [2.24, 2.45) is 0 Å². The van der Waals surface area contributed by atoms with E-state index in [1.165, 1.54) is 12.1 Å². The molecule has 2 aromatic rings. The Hall–Kier alpha value is -2.89. The van der Waals surface area contributed by atoms with Crippen molar-refractivity contribution in [2.75, 3.05) is 26.2 Å². The predicted molar refractivity (Wildman–Crippen MR) is 93.3 cm³/mol. The molecule has 0 bridgehead atoms. The second-order valence-electron chi connectivity index (χ2n) is 6.21. The summed E-state index contributed by atoms with van der Waals surface area (Å²) in [6, 6.07) is 10.1. The van der Waals surface area contributed by atoms with E-state index >= 15 is 0 Å². The van der Waals surface area contributed by atoms with Crippen LogP contribution in [0.25, 0.3) is 0 Å². The summed E-state index contributed by atoms with van der Waals surface area (Å²) in [6.45, 7) is 3.93. The Labute approximate surface area is 146 Å². The first kappa shape index (κ1) is 17.0. The first-order valence-corrected chi connectivity index (χ1v) is 8.30. The summed E-state index contributed by atoms with van der Waals surface area (Å²) in [4.78, 5) is 32.6. The second kappa shape index (κ2) is 7.34. The molecule has 0 unspecified atom stereocenters. The Bertz CT molecular complexity index is 766. The van der Waals surface area contributed by atoms with Gasteiger partial charge in [0.25, 0.3) is 5.91 Å². The quantitative estimate of drug-likeness (QED) is 0.922. The number of amides is 2. The summed E-state index contributed by atoms with van der Waals surface area (Å²) in [6.07, 6.45) is 2.06. The molecule has 130 valence electrons. The molecular weight excluding hydrogens is 318 g/mol. The van der Waals surface area contributed by atoms with Crippen LogP contribution in [-0.2, 0) is 11.2 Å². The lowest BCUT2D eigenvalue weighted by Crippen LogP contribution is -2.51. The average Bonchev–Trinajstić information content (AvgIpc) is 2.63. The van der Waals surface area contributed by atoms with Crippen molar-refractivity contribution in [3.63, 3.8) is 0 Å². The monoisotopic (exact) mass is 339 g/mol. The van der Waals surface area contributed by atoms with Crippen LogP contribution < -0.4 is 0 Å². The molecule has 0 saturated carbocycles. The molecule has 1 N–H and O–H groups in total. The fraction of sp³-hybridized carbons (Fsp3) is 0.316. The van der Waals surface area contributed by atoms with Crippen molar-refractivity contribution in [2.45, 2.75) is 13.3 Å². The van der Waals surface area contributed by atoms with Gasteiger partial charge in [0.1, 0.15) is 5.75 Å². The largest absolute Gasteiger partial charge is 0.508 e. The van der Waals surface area contributed by atoms with E-state index in [-0.39, 0.29) is 17.6 Å². The van der Waals surface area contributed by atoms with Gasteiger partial charge in [-0.25, -0.2) is 0 Å². The average molecular weight is 339 g/mol. The number of rotatable bonds is 3. The number of benzene rings is 1. The maximum absolute atomic E-state index is 12.5. The van der Waals surface area contributed by atoms with E-state index in [1.54, 1.807) is 28.1 Å². The van der Waals surface area contributed by atoms with Crippen molar-refractivity contribution in [1.82, 2.24) is 14.8 Å². The number of hydrogen-bond donors (Lipinski definition) is 1. The fourth-order valence-corrected chi connectivity index (χ4v) is 2.87. The standard InChI is InChI=1S/C19H21N3O3/c1-14-5-6-15(13-20-14)11-18(24)21-7-9-22(10-8-21)19(25)16-3-2-4-17(23)12-16/h2-6,12-13,23H,7-11H2,1H3. The Kier molecular flexibility index (Phi) is 4.97. The van der Waals surface area contributed by atoms with Gasteiger partial charge in [0.05, 0.1) is 6.42 Å². The first-order valence-electron chi connectivity index (χ1n) is 8.30. The number of nitrogens with zero attached hydrogens (tertiary/aromatic N) is 3. The highest BCUT2D eigenvalue weighted by molar-refractivity contribution is 5.94. The molecule has 0 atom stereocenters. The lowest BCUT2D eigenvalue weighted by Gasteiger charge is -2.35. The molecule has 1 fully saturated rings. The van der Waals surface area contributed by atoms with Crippen LogP contribution in [0.5, 0.6) is 5.75 Å². The normalized spacial score (nSPS) is 14.4. The van der Waals surface area contributed by atoms with Crippen LogP contribution in [0.2, 0.25) is 0 Å². The van der Waals surface area contributed by atoms with Gasteiger partial charge in [-0.05, 0) is 36.8 Å². The highest BCUT2D eigenvalue weighted by Gasteiger charge is 2.25. The second-order valence-corrected chi connectivity index (χ2v) is 6.21. The summed E-state index contributed by atoms with van der Waals surface area (Å²) < 4.78 is 0. The van der Waals surface area contributed by atoms with Crippen molar-refractivity contribution < 1.29 is 14.7 Å². The maximum Gasteiger partial charge on any atom is 0.254 e. The molecule has 25 heavy (non-hydrogen) atoms. The summed E-state index contributed by atoms with van der Waals surface area (Å²) in [5, 5.41) is 9.50. The van der Waals surface area contributed by atoms with E-state index in [0.717, 1.165) is 11.3 Å². The van der Waals surface area contributed by atoms with Gasteiger partial charge in [0, 0.05) is 43.6 Å². The molecule has 2 heterocycles. The van der Waals surface area contributed by atoms with Gasteiger partial charge in [0.2, 0.25) is 5.91 Å². The number of aromatic nitrogens is 1. The number of phenols is 1. The van der Waals surface area contributed by atoms with Gasteiger partial charge in [-0.1, -0.05) is 12.1 Å². The van der Waals surface area contributed by atoms with Gasteiger partial charge >= 0.3 is 0 Å². The van der Waals surface area contributed by atoms with Crippen LogP contribution in [0, 0.1) is 6.92 Å². The Morgan fingerprint density at radius 2 is 1.80 bits per heavy atom. The van der Waals surface area contributed by atoms with E-state index in [4.69, 9.17) is 0 Å². The zero-order chi connectivity index (χ0) is 17.8. The number of aromatic hydroxyl groups is 1. The van der Waals surface area contributed by atoms with Crippen molar-refractivity contribution >= 4 is 11.8 Å². The third kappa shape index (κ3) is 4.15. The third-order valence-corrected chi connectivity index (χ3v) is 4.34. The molecule has 1 aromatic heterocycles. The smallest absolute Gasteiger partial charge is 0.254 e. The molecule has 1 aliphatic heterocycles. The first-order chi connectivity index (χ1) is 12.0. The summed E-state index contributed by atoms with van der Waals surface area (Å²) in [5.74, 6) is 0.00668. The third-order valence-electron chi connectivity index (χ3n) is 4.34. The van der Waals surface area contributed by atoms with Gasteiger partial charge in [-0.2, -0.15) is 0 Å². The number of pyridine rings is 1. The minimum absolute atomic E-state index is 0.0510. The zero-order valence-corrected chi connectivity index (χ0v) is 14.2. The molecule has 1 aromatic carbocycles. The molecule has 0 spiro atoms. The molecule has 6 heteroatoms. The molecule has 1 aliphatic rings. The van der Waals surface area contributed by atoms with E-state index < -0.39 is 0 Å². The van der Waals surface area contributed by atoms with Gasteiger partial charge in [0.15, 0.2) is 0 Å². The van der Waals surface area contributed by atoms with E-state index in [9.17, 15) is 14.7 Å². The summed E-state index contributed by atoms with van der Waals surface area (Å²) >= 11 is 0. The van der Waals surface area contributed by atoms with Crippen LogP contribution >= 0.6 is 0 Å². The van der Waals surface area contributed by atoms with Crippen LogP contribution in [-0.4, -0.2) is 57.9 Å². The van der Waals surface area contributed by atoms with Crippen LogP contribution in [0.15, 0.2) is 42.6 Å². The van der Waals surface area contributed by atoms with Gasteiger partial charge in [-0.3, -0.25) is 14.6 Å². The molecule has 6 nitrogen and oxygen atoms in total. The number of aryl methyl sites for hydroxylation is 1.